The molecule has 0 aliphatic rings. The van der Waals surface area contributed by atoms with Gasteiger partial charge in [-0.3, -0.25) is 0 Å². The predicted molar refractivity (Wildman–Crippen MR) is 79.6 cm³/mol. The van der Waals surface area contributed by atoms with E-state index in [4.69, 9.17) is 14.0 Å². The van der Waals surface area contributed by atoms with Crippen LogP contribution in [0, 0.1) is 6.92 Å². The zero-order valence-electron chi connectivity index (χ0n) is 12.3. The maximum atomic E-state index is 5.57. The fourth-order valence-electron chi connectivity index (χ4n) is 1.94. The van der Waals surface area contributed by atoms with E-state index in [2.05, 4.69) is 15.1 Å². The van der Waals surface area contributed by atoms with Crippen LogP contribution in [0.2, 0.25) is 0 Å². The number of methoxy groups -OCH3 is 1. The van der Waals surface area contributed by atoms with Gasteiger partial charge in [0.1, 0.15) is 5.75 Å². The summed E-state index contributed by atoms with van der Waals surface area (Å²) in [6.07, 6.45) is 0. The Balaban J connectivity index is 1.76. The van der Waals surface area contributed by atoms with Crippen LogP contribution in [0.4, 0.5) is 0 Å². The molecule has 2 aromatic heterocycles. The molecule has 3 aromatic rings. The van der Waals surface area contributed by atoms with Crippen LogP contribution in [0.15, 0.2) is 47.0 Å². The molecule has 0 bridgehead atoms. The molecule has 0 aliphatic heterocycles. The van der Waals surface area contributed by atoms with Crippen LogP contribution in [0.1, 0.15) is 11.6 Å². The highest BCUT2D eigenvalue weighted by molar-refractivity contribution is 5.61. The van der Waals surface area contributed by atoms with Crippen molar-refractivity contribution in [2.24, 2.45) is 0 Å². The van der Waals surface area contributed by atoms with Crippen LogP contribution in [0.25, 0.3) is 11.4 Å². The third-order valence-corrected chi connectivity index (χ3v) is 3.01. The Bertz CT molecular complexity index is 756. The molecule has 3 rings (SSSR count). The first-order chi connectivity index (χ1) is 10.8. The lowest BCUT2D eigenvalue weighted by Crippen LogP contribution is -1.96. The van der Waals surface area contributed by atoms with Crippen LogP contribution in [0.5, 0.6) is 11.6 Å². The Labute approximate surface area is 127 Å². The normalized spacial score (nSPS) is 10.5. The molecule has 2 heterocycles. The van der Waals surface area contributed by atoms with Crippen molar-refractivity contribution in [1.82, 2.24) is 15.1 Å². The zero-order valence-corrected chi connectivity index (χ0v) is 12.3. The van der Waals surface area contributed by atoms with E-state index in [1.165, 1.54) is 0 Å². The molecule has 0 atom stereocenters. The highest BCUT2D eigenvalue weighted by Gasteiger charge is 2.14. The van der Waals surface area contributed by atoms with Crippen molar-refractivity contribution in [1.29, 1.82) is 0 Å². The van der Waals surface area contributed by atoms with Crippen LogP contribution in [-0.2, 0) is 6.61 Å². The van der Waals surface area contributed by atoms with Gasteiger partial charge in [0.25, 0.3) is 5.89 Å². The van der Waals surface area contributed by atoms with Crippen molar-refractivity contribution < 1.29 is 14.0 Å². The van der Waals surface area contributed by atoms with Gasteiger partial charge in [-0.25, -0.2) is 4.98 Å². The summed E-state index contributed by atoms with van der Waals surface area (Å²) in [5.41, 5.74) is 1.54. The smallest absolute Gasteiger partial charge is 0.264 e. The van der Waals surface area contributed by atoms with Gasteiger partial charge in [0.15, 0.2) is 6.61 Å². The Morgan fingerprint density at radius 1 is 1.05 bits per heavy atom. The summed E-state index contributed by atoms with van der Waals surface area (Å²) in [6, 6.07) is 13.2. The van der Waals surface area contributed by atoms with Gasteiger partial charge in [-0.1, -0.05) is 23.4 Å². The first kappa shape index (κ1) is 14.1. The summed E-state index contributed by atoms with van der Waals surface area (Å²) in [7, 11) is 1.56. The van der Waals surface area contributed by atoms with Crippen LogP contribution in [-0.4, -0.2) is 22.2 Å². The van der Waals surface area contributed by atoms with E-state index in [1.54, 1.807) is 7.11 Å². The lowest BCUT2D eigenvalue weighted by molar-refractivity contribution is 0.243. The molecule has 0 spiro atoms. The Kier molecular flexibility index (Phi) is 4.00. The molecule has 112 valence electrons. The molecule has 0 aliphatic carbocycles. The van der Waals surface area contributed by atoms with Gasteiger partial charge in [0, 0.05) is 5.69 Å². The number of rotatable bonds is 5. The SMILES string of the molecule is COc1nc(C)ccc1-c1noc(COc2ccccc2)n1. The molecule has 0 radical (unpaired) electrons. The van der Waals surface area contributed by atoms with Gasteiger partial charge in [-0.2, -0.15) is 4.98 Å². The minimum Gasteiger partial charge on any atom is -0.484 e. The zero-order chi connectivity index (χ0) is 15.4. The number of ether oxygens (including phenoxy) is 2. The first-order valence-corrected chi connectivity index (χ1v) is 6.78. The molecule has 0 amide bonds. The summed E-state index contributed by atoms with van der Waals surface area (Å²) in [5.74, 6) is 2.03. The number of hydrogen-bond acceptors (Lipinski definition) is 6. The van der Waals surface area contributed by atoms with E-state index in [0.717, 1.165) is 11.4 Å². The van der Waals surface area contributed by atoms with E-state index in [1.807, 2.05) is 49.4 Å². The monoisotopic (exact) mass is 297 g/mol. The van der Waals surface area contributed by atoms with Gasteiger partial charge >= 0.3 is 0 Å². The third-order valence-electron chi connectivity index (χ3n) is 3.01. The van der Waals surface area contributed by atoms with Crippen molar-refractivity contribution >= 4 is 0 Å². The summed E-state index contributed by atoms with van der Waals surface area (Å²) >= 11 is 0. The maximum absolute atomic E-state index is 5.57. The number of pyridine rings is 1. The van der Waals surface area contributed by atoms with Gasteiger partial charge in [0.05, 0.1) is 12.7 Å². The molecule has 1 aromatic carbocycles. The number of benzene rings is 1. The molecule has 6 nitrogen and oxygen atoms in total. The quantitative estimate of drug-likeness (QED) is 0.721. The van der Waals surface area contributed by atoms with Gasteiger partial charge in [-0.05, 0) is 31.2 Å². The standard InChI is InChI=1S/C16H15N3O3/c1-11-8-9-13(16(17-11)20-2)15-18-14(22-19-15)10-21-12-6-4-3-5-7-12/h3-9H,10H2,1-2H3. The average Bonchev–Trinajstić information content (AvgIpc) is 3.02. The highest BCUT2D eigenvalue weighted by Crippen LogP contribution is 2.26. The van der Waals surface area contributed by atoms with Crippen molar-refractivity contribution in [3.8, 4) is 23.0 Å². The topological polar surface area (TPSA) is 70.3 Å². The second-order valence-corrected chi connectivity index (χ2v) is 4.62. The summed E-state index contributed by atoms with van der Waals surface area (Å²) in [5, 5.41) is 3.95. The summed E-state index contributed by atoms with van der Waals surface area (Å²) in [6.45, 7) is 2.10. The molecule has 0 unspecified atom stereocenters. The maximum Gasteiger partial charge on any atom is 0.264 e. The second-order valence-electron chi connectivity index (χ2n) is 4.62. The van der Waals surface area contributed by atoms with E-state index in [9.17, 15) is 0 Å². The first-order valence-electron chi connectivity index (χ1n) is 6.78. The fourth-order valence-corrected chi connectivity index (χ4v) is 1.94. The van der Waals surface area contributed by atoms with Crippen LogP contribution in [0.3, 0.4) is 0 Å². The molecule has 0 fully saturated rings. The number of aryl methyl sites for hydroxylation is 1. The third kappa shape index (κ3) is 3.06. The minimum atomic E-state index is 0.207. The van der Waals surface area contributed by atoms with Gasteiger partial charge in [0.2, 0.25) is 11.7 Å². The molecule has 0 N–H and O–H groups in total. The predicted octanol–water partition coefficient (Wildman–Crippen LogP) is 3.03. The Morgan fingerprint density at radius 2 is 1.86 bits per heavy atom. The molecule has 22 heavy (non-hydrogen) atoms. The molecule has 6 heteroatoms. The second kappa shape index (κ2) is 6.26. The number of nitrogens with zero attached hydrogens (tertiary/aromatic N) is 3. The van der Waals surface area contributed by atoms with E-state index < -0.39 is 0 Å². The highest BCUT2D eigenvalue weighted by atomic mass is 16.5. The van der Waals surface area contributed by atoms with Crippen molar-refractivity contribution in [2.45, 2.75) is 13.5 Å². The van der Waals surface area contributed by atoms with Crippen molar-refractivity contribution in [3.63, 3.8) is 0 Å². The molecular weight excluding hydrogens is 282 g/mol. The largest absolute Gasteiger partial charge is 0.484 e. The van der Waals surface area contributed by atoms with Crippen LogP contribution >= 0.6 is 0 Å². The number of aromatic nitrogens is 3. The lowest BCUT2D eigenvalue weighted by atomic mass is 10.2. The van der Waals surface area contributed by atoms with E-state index in [0.29, 0.717) is 23.2 Å². The van der Waals surface area contributed by atoms with Crippen molar-refractivity contribution in [2.75, 3.05) is 7.11 Å². The Hall–Kier alpha value is -2.89. The fraction of sp³-hybridized carbons (Fsp3) is 0.188. The summed E-state index contributed by atoms with van der Waals surface area (Å²) in [4.78, 5) is 8.61. The Morgan fingerprint density at radius 3 is 2.64 bits per heavy atom. The number of hydrogen-bond donors (Lipinski definition) is 0. The van der Waals surface area contributed by atoms with E-state index >= 15 is 0 Å². The van der Waals surface area contributed by atoms with Gasteiger partial charge in [-0.15, -0.1) is 0 Å². The van der Waals surface area contributed by atoms with Crippen molar-refractivity contribution in [3.05, 3.63) is 54.0 Å². The van der Waals surface area contributed by atoms with Gasteiger partial charge < -0.3 is 14.0 Å². The lowest BCUT2D eigenvalue weighted by Gasteiger charge is -2.04. The van der Waals surface area contributed by atoms with E-state index in [-0.39, 0.29) is 6.61 Å². The molecular formula is C16H15N3O3. The summed E-state index contributed by atoms with van der Waals surface area (Å²) < 4.78 is 16.0. The number of para-hydroxylation sites is 1. The molecule has 0 saturated carbocycles. The average molecular weight is 297 g/mol. The molecule has 0 saturated heterocycles. The van der Waals surface area contributed by atoms with Crippen LogP contribution < -0.4 is 9.47 Å². The minimum absolute atomic E-state index is 0.207.